The number of thiocarbonyl (C=S) groups is 1. The van der Waals surface area contributed by atoms with Crippen molar-refractivity contribution in [2.75, 3.05) is 13.7 Å². The number of benzene rings is 2. The van der Waals surface area contributed by atoms with Crippen LogP contribution in [0.25, 0.3) is 0 Å². The Morgan fingerprint density at radius 2 is 1.88 bits per heavy atom. The van der Waals surface area contributed by atoms with Crippen LogP contribution < -0.4 is 14.8 Å². The Morgan fingerprint density at radius 1 is 1.12 bits per heavy atom. The van der Waals surface area contributed by atoms with Gasteiger partial charge in [-0.15, -0.1) is 6.42 Å². The van der Waals surface area contributed by atoms with E-state index in [1.165, 1.54) is 0 Å². The Labute approximate surface area is 169 Å². The van der Waals surface area contributed by atoms with Crippen molar-refractivity contribution < 1.29 is 9.47 Å². The zero-order valence-electron chi connectivity index (χ0n) is 14.4. The average Bonchev–Trinajstić information content (AvgIpc) is 2.65. The lowest BCUT2D eigenvalue weighted by Crippen LogP contribution is -2.21. The normalized spacial score (nSPS) is 10.1. The molecule has 26 heavy (non-hydrogen) atoms. The predicted molar refractivity (Wildman–Crippen MR) is 112 cm³/mol. The van der Waals surface area contributed by atoms with Gasteiger partial charge in [-0.3, -0.25) is 0 Å². The molecule has 0 heterocycles. The molecule has 1 N–H and O–H groups in total. The van der Waals surface area contributed by atoms with Gasteiger partial charge in [0.05, 0.1) is 22.1 Å². The molecule has 2 rings (SSSR count). The molecule has 0 aliphatic rings. The highest BCUT2D eigenvalue weighted by Crippen LogP contribution is 2.28. The van der Waals surface area contributed by atoms with Crippen LogP contribution in [-0.4, -0.2) is 18.7 Å². The molecule has 0 atom stereocenters. The van der Waals surface area contributed by atoms with Crippen LogP contribution in [0.5, 0.6) is 11.5 Å². The SMILES string of the molecule is C#CCOc1ccc(CCC(=S)NCc2ccc(Cl)c(Cl)c2)cc1OC. The molecule has 0 radical (unpaired) electrons. The molecule has 6 heteroatoms. The highest BCUT2D eigenvalue weighted by molar-refractivity contribution is 7.80. The van der Waals surface area contributed by atoms with E-state index in [0.29, 0.717) is 28.1 Å². The largest absolute Gasteiger partial charge is 0.493 e. The van der Waals surface area contributed by atoms with E-state index in [1.807, 2.05) is 30.3 Å². The van der Waals surface area contributed by atoms with E-state index in [2.05, 4.69) is 11.2 Å². The second-order valence-corrected chi connectivity index (χ2v) is 6.81. The first-order valence-corrected chi connectivity index (χ1v) is 9.13. The summed E-state index contributed by atoms with van der Waals surface area (Å²) in [5.74, 6) is 3.73. The Hall–Kier alpha value is -1.93. The van der Waals surface area contributed by atoms with E-state index in [4.69, 9.17) is 51.3 Å². The summed E-state index contributed by atoms with van der Waals surface area (Å²) in [5.41, 5.74) is 2.13. The molecular formula is C20H19Cl2NO2S. The van der Waals surface area contributed by atoms with Crippen LogP contribution in [-0.2, 0) is 13.0 Å². The topological polar surface area (TPSA) is 30.5 Å². The first-order chi connectivity index (χ1) is 12.5. The maximum atomic E-state index is 6.02. The number of terminal acetylenes is 1. The fourth-order valence-electron chi connectivity index (χ4n) is 2.30. The Bertz CT molecular complexity index is 818. The summed E-state index contributed by atoms with van der Waals surface area (Å²) >= 11 is 17.3. The van der Waals surface area contributed by atoms with Crippen molar-refractivity contribution in [1.82, 2.24) is 5.32 Å². The molecule has 3 nitrogen and oxygen atoms in total. The van der Waals surface area contributed by atoms with Crippen LogP contribution in [0.3, 0.4) is 0 Å². The number of methoxy groups -OCH3 is 1. The molecule has 0 aromatic heterocycles. The zero-order chi connectivity index (χ0) is 18.9. The fourth-order valence-corrected chi connectivity index (χ4v) is 2.80. The van der Waals surface area contributed by atoms with Crippen LogP contribution in [0.1, 0.15) is 17.5 Å². The van der Waals surface area contributed by atoms with Gasteiger partial charge in [0.15, 0.2) is 11.5 Å². The van der Waals surface area contributed by atoms with Crippen molar-refractivity contribution >= 4 is 40.4 Å². The first kappa shape index (κ1) is 20.4. The van der Waals surface area contributed by atoms with Gasteiger partial charge >= 0.3 is 0 Å². The molecule has 0 unspecified atom stereocenters. The van der Waals surface area contributed by atoms with Gasteiger partial charge in [-0.05, 0) is 41.8 Å². The standard InChI is InChI=1S/C20H19Cl2NO2S/c1-3-10-25-18-8-5-14(12-19(18)24-2)6-9-20(26)23-13-15-4-7-16(21)17(22)11-15/h1,4-5,7-8,11-12H,6,9-10,13H2,2H3,(H,23,26). The minimum absolute atomic E-state index is 0.207. The van der Waals surface area contributed by atoms with Gasteiger partial charge in [0, 0.05) is 13.0 Å². The molecule has 0 saturated carbocycles. The van der Waals surface area contributed by atoms with Gasteiger partial charge in [-0.25, -0.2) is 0 Å². The van der Waals surface area contributed by atoms with Crippen molar-refractivity contribution in [2.45, 2.75) is 19.4 Å². The maximum Gasteiger partial charge on any atom is 0.162 e. The lowest BCUT2D eigenvalue weighted by Gasteiger charge is -2.12. The molecule has 0 amide bonds. The summed E-state index contributed by atoms with van der Waals surface area (Å²) < 4.78 is 10.8. The van der Waals surface area contributed by atoms with Gasteiger partial charge in [-0.2, -0.15) is 0 Å². The second-order valence-electron chi connectivity index (χ2n) is 5.50. The summed E-state index contributed by atoms with van der Waals surface area (Å²) in [6.07, 6.45) is 6.73. The summed E-state index contributed by atoms with van der Waals surface area (Å²) in [5, 5.41) is 4.32. The maximum absolute atomic E-state index is 6.02. The Kier molecular flexibility index (Phi) is 8.06. The number of hydrogen-bond acceptors (Lipinski definition) is 3. The third-order valence-electron chi connectivity index (χ3n) is 3.65. The van der Waals surface area contributed by atoms with E-state index >= 15 is 0 Å². The summed E-state index contributed by atoms with van der Waals surface area (Å²) in [6.45, 7) is 0.816. The highest BCUT2D eigenvalue weighted by Gasteiger charge is 2.07. The Balaban J connectivity index is 1.86. The number of aryl methyl sites for hydroxylation is 1. The molecule has 0 spiro atoms. The van der Waals surface area contributed by atoms with Crippen molar-refractivity contribution in [2.24, 2.45) is 0 Å². The number of hydrogen-bond donors (Lipinski definition) is 1. The third-order valence-corrected chi connectivity index (χ3v) is 4.74. The summed E-state index contributed by atoms with van der Waals surface area (Å²) in [4.78, 5) is 0.780. The van der Waals surface area contributed by atoms with Gasteiger partial charge in [0.1, 0.15) is 6.61 Å². The molecule has 0 aliphatic carbocycles. The van der Waals surface area contributed by atoms with Crippen LogP contribution in [0.4, 0.5) is 0 Å². The Morgan fingerprint density at radius 3 is 2.58 bits per heavy atom. The zero-order valence-corrected chi connectivity index (χ0v) is 16.7. The van der Waals surface area contributed by atoms with Crippen LogP contribution >= 0.6 is 35.4 Å². The van der Waals surface area contributed by atoms with Crippen molar-refractivity contribution in [1.29, 1.82) is 0 Å². The number of ether oxygens (including phenoxy) is 2. The minimum Gasteiger partial charge on any atom is -0.493 e. The van der Waals surface area contributed by atoms with E-state index in [9.17, 15) is 0 Å². The van der Waals surface area contributed by atoms with Crippen LogP contribution in [0.2, 0.25) is 10.0 Å². The van der Waals surface area contributed by atoms with Gasteiger partial charge in [0.25, 0.3) is 0 Å². The molecule has 0 fully saturated rings. The highest BCUT2D eigenvalue weighted by atomic mass is 35.5. The summed E-state index contributed by atoms with van der Waals surface area (Å²) in [6, 6.07) is 11.3. The second kappa shape index (κ2) is 10.3. The lowest BCUT2D eigenvalue weighted by molar-refractivity contribution is 0.330. The lowest BCUT2D eigenvalue weighted by atomic mass is 10.1. The quantitative estimate of drug-likeness (QED) is 0.488. The third kappa shape index (κ3) is 6.10. The average molecular weight is 408 g/mol. The van der Waals surface area contributed by atoms with Gasteiger partial charge in [-0.1, -0.05) is 53.5 Å². The van der Waals surface area contributed by atoms with Crippen LogP contribution in [0.15, 0.2) is 36.4 Å². The molecule has 0 aliphatic heterocycles. The molecule has 136 valence electrons. The van der Waals surface area contributed by atoms with E-state index in [-0.39, 0.29) is 6.61 Å². The molecule has 0 bridgehead atoms. The monoisotopic (exact) mass is 407 g/mol. The van der Waals surface area contributed by atoms with E-state index < -0.39 is 0 Å². The van der Waals surface area contributed by atoms with E-state index in [0.717, 1.165) is 29.0 Å². The van der Waals surface area contributed by atoms with Gasteiger partial charge < -0.3 is 14.8 Å². The number of halogens is 2. The molecule has 2 aromatic rings. The first-order valence-electron chi connectivity index (χ1n) is 7.97. The number of nitrogens with one attached hydrogen (secondary N) is 1. The molecule has 2 aromatic carbocycles. The smallest absolute Gasteiger partial charge is 0.162 e. The fraction of sp³-hybridized carbons (Fsp3) is 0.250. The minimum atomic E-state index is 0.207. The van der Waals surface area contributed by atoms with Crippen molar-refractivity contribution in [3.8, 4) is 23.8 Å². The van der Waals surface area contributed by atoms with Crippen molar-refractivity contribution in [3.63, 3.8) is 0 Å². The number of rotatable bonds is 8. The summed E-state index contributed by atoms with van der Waals surface area (Å²) in [7, 11) is 1.60. The predicted octanol–water partition coefficient (Wildman–Crippen LogP) is 5.06. The molecule has 0 saturated heterocycles. The van der Waals surface area contributed by atoms with Crippen molar-refractivity contribution in [3.05, 3.63) is 57.6 Å². The van der Waals surface area contributed by atoms with E-state index in [1.54, 1.807) is 13.2 Å². The molecular weight excluding hydrogens is 389 g/mol. The van der Waals surface area contributed by atoms with Gasteiger partial charge in [0.2, 0.25) is 0 Å². The van der Waals surface area contributed by atoms with Crippen LogP contribution in [0, 0.1) is 12.3 Å².